The van der Waals surface area contributed by atoms with E-state index < -0.39 is 67.4 Å². The number of unbranched alkanes of at least 4 members (excludes halogenated alkanes) is 1. The van der Waals surface area contributed by atoms with Gasteiger partial charge in [0.2, 0.25) is 0 Å². The van der Waals surface area contributed by atoms with Crippen LogP contribution in [0.5, 0.6) is 0 Å². The normalized spacial score (nSPS) is 16.0. The molecule has 0 spiro atoms. The van der Waals surface area contributed by atoms with E-state index in [2.05, 4.69) is 5.32 Å². The van der Waals surface area contributed by atoms with Crippen molar-refractivity contribution in [2.75, 3.05) is 26.3 Å². The molecule has 0 unspecified atom stereocenters. The lowest BCUT2D eigenvalue weighted by atomic mass is 9.98. The number of nitrogens with one attached hydrogen (secondary N) is 1. The quantitative estimate of drug-likeness (QED) is 0.141. The summed E-state index contributed by atoms with van der Waals surface area (Å²) in [5.41, 5.74) is 3.28. The van der Waals surface area contributed by atoms with Gasteiger partial charge in [0.15, 0.2) is 0 Å². The van der Waals surface area contributed by atoms with Crippen molar-refractivity contribution in [1.29, 1.82) is 0 Å². The van der Waals surface area contributed by atoms with Crippen LogP contribution in [-0.4, -0.2) is 116 Å². The van der Waals surface area contributed by atoms with Crippen molar-refractivity contribution in [3.05, 3.63) is 59.7 Å². The number of rotatable bonds is 15. The van der Waals surface area contributed by atoms with Crippen LogP contribution in [0.1, 0.15) is 57.1 Å². The fourth-order valence-corrected chi connectivity index (χ4v) is 5.17. The van der Waals surface area contributed by atoms with Crippen molar-refractivity contribution in [3.8, 4) is 11.1 Å². The summed E-state index contributed by atoms with van der Waals surface area (Å²) in [6.45, 7) is 3.59. The van der Waals surface area contributed by atoms with Gasteiger partial charge in [-0.25, -0.2) is 14.4 Å². The Bertz CT molecular complexity index is 1250. The summed E-state index contributed by atoms with van der Waals surface area (Å²) in [7, 11) is 0. The van der Waals surface area contributed by atoms with Gasteiger partial charge in [-0.15, -0.1) is 0 Å². The molecule has 45 heavy (non-hydrogen) atoms. The van der Waals surface area contributed by atoms with Crippen LogP contribution in [0.4, 0.5) is 9.59 Å². The summed E-state index contributed by atoms with van der Waals surface area (Å²) in [6, 6.07) is 14.4. The van der Waals surface area contributed by atoms with Crippen LogP contribution >= 0.6 is 0 Å². The molecule has 2 aromatic carbocycles. The van der Waals surface area contributed by atoms with Crippen molar-refractivity contribution in [2.24, 2.45) is 0 Å². The summed E-state index contributed by atoms with van der Waals surface area (Å²) in [4.78, 5) is 38.4. The maximum absolute atomic E-state index is 12.8. The Morgan fingerprint density at radius 1 is 0.889 bits per heavy atom. The highest BCUT2D eigenvalue weighted by Crippen LogP contribution is 2.44. The van der Waals surface area contributed by atoms with E-state index in [4.69, 9.17) is 14.6 Å². The SMILES string of the molecule is CC(C)(C)OC(=O)N(CCCC[C@H](NC(=O)OCC1c2ccccc2-c2ccccc21)C(=O)O)C[C@H](O)[C@H](O)[C@H](O)[C@H](O)CO. The van der Waals surface area contributed by atoms with Crippen molar-refractivity contribution in [2.45, 2.75) is 82.0 Å². The maximum Gasteiger partial charge on any atom is 0.410 e. The van der Waals surface area contributed by atoms with E-state index in [9.17, 15) is 39.9 Å². The van der Waals surface area contributed by atoms with Gasteiger partial charge < -0.3 is 50.3 Å². The number of aliphatic hydroxyl groups excluding tert-OH is 5. The van der Waals surface area contributed by atoms with Crippen LogP contribution in [0.3, 0.4) is 0 Å². The Kier molecular flexibility index (Phi) is 12.7. The lowest BCUT2D eigenvalue weighted by Gasteiger charge is -2.32. The van der Waals surface area contributed by atoms with Crippen molar-refractivity contribution in [1.82, 2.24) is 10.2 Å². The molecule has 13 heteroatoms. The average Bonchev–Trinajstić information content (AvgIpc) is 3.32. The number of fused-ring (bicyclic) bond motifs is 3. The van der Waals surface area contributed by atoms with Gasteiger partial charge in [-0.05, 0) is 62.3 Å². The number of benzene rings is 2. The third-order valence-corrected chi connectivity index (χ3v) is 7.49. The summed E-state index contributed by atoms with van der Waals surface area (Å²) in [6.07, 6.45) is -8.37. The number of hydrogen-bond donors (Lipinski definition) is 7. The van der Waals surface area contributed by atoms with Crippen LogP contribution in [0.25, 0.3) is 11.1 Å². The number of nitrogens with zero attached hydrogens (tertiary/aromatic N) is 1. The van der Waals surface area contributed by atoms with Crippen molar-refractivity contribution < 1.29 is 54.5 Å². The molecule has 1 aliphatic carbocycles. The molecule has 2 aromatic rings. The van der Waals surface area contributed by atoms with E-state index in [-0.39, 0.29) is 38.3 Å². The van der Waals surface area contributed by atoms with Crippen molar-refractivity contribution >= 4 is 18.2 Å². The Hall–Kier alpha value is -3.75. The Morgan fingerprint density at radius 2 is 1.44 bits per heavy atom. The van der Waals surface area contributed by atoms with Gasteiger partial charge >= 0.3 is 18.2 Å². The molecule has 5 atom stereocenters. The number of amides is 2. The first-order valence-corrected chi connectivity index (χ1v) is 14.9. The maximum atomic E-state index is 12.8. The van der Waals surface area contributed by atoms with Crippen LogP contribution in [0.15, 0.2) is 48.5 Å². The van der Waals surface area contributed by atoms with E-state index in [0.717, 1.165) is 27.2 Å². The van der Waals surface area contributed by atoms with E-state index >= 15 is 0 Å². The van der Waals surface area contributed by atoms with Gasteiger partial charge in [0, 0.05) is 12.5 Å². The number of ether oxygens (including phenoxy) is 2. The standard InChI is InChI=1S/C32H44N2O11/c1-32(2,3)45-31(43)34(16-25(36)27(38)28(39)26(37)17-35)15-9-8-14-24(29(40)41)33-30(42)44-18-23-21-12-6-4-10-19(21)20-11-5-7-13-22(20)23/h4-7,10-13,23-28,35-39H,8-9,14-18H2,1-3H3,(H,33,42)(H,40,41)/t24-,25-,26+,27-,28+/m0/s1. The molecule has 2 amide bonds. The lowest BCUT2D eigenvalue weighted by molar-refractivity contribution is -0.139. The molecule has 248 valence electrons. The van der Waals surface area contributed by atoms with Gasteiger partial charge in [0.05, 0.1) is 13.2 Å². The second kappa shape index (κ2) is 16.0. The topological polar surface area (TPSA) is 206 Å². The molecule has 13 nitrogen and oxygen atoms in total. The third kappa shape index (κ3) is 9.87. The Morgan fingerprint density at radius 3 is 1.98 bits per heavy atom. The zero-order valence-electron chi connectivity index (χ0n) is 25.7. The van der Waals surface area contributed by atoms with Crippen molar-refractivity contribution in [3.63, 3.8) is 0 Å². The molecule has 0 bridgehead atoms. The first-order valence-electron chi connectivity index (χ1n) is 14.9. The number of carbonyl (C=O) groups is 3. The van der Waals surface area contributed by atoms with E-state index in [0.29, 0.717) is 0 Å². The molecule has 0 saturated heterocycles. The number of carboxylic acid groups (broad SMARTS) is 1. The Balaban J connectivity index is 1.54. The highest BCUT2D eigenvalue weighted by atomic mass is 16.6. The number of aliphatic carboxylic acids is 1. The highest BCUT2D eigenvalue weighted by Gasteiger charge is 2.34. The highest BCUT2D eigenvalue weighted by molar-refractivity contribution is 5.81. The lowest BCUT2D eigenvalue weighted by Crippen LogP contribution is -2.51. The van der Waals surface area contributed by atoms with Gasteiger partial charge in [0.1, 0.15) is 42.7 Å². The molecule has 0 aliphatic heterocycles. The summed E-state index contributed by atoms with van der Waals surface area (Å²) < 4.78 is 10.8. The van der Waals surface area contributed by atoms with Gasteiger partial charge in [-0.1, -0.05) is 48.5 Å². The average molecular weight is 633 g/mol. The molecular formula is C32H44N2O11. The van der Waals surface area contributed by atoms with E-state index in [1.807, 2.05) is 48.5 Å². The third-order valence-electron chi connectivity index (χ3n) is 7.49. The molecule has 1 aliphatic rings. The minimum Gasteiger partial charge on any atom is -0.480 e. The molecule has 0 saturated carbocycles. The number of alkyl carbamates (subject to hydrolysis) is 1. The molecule has 3 rings (SSSR count). The van der Waals surface area contributed by atoms with Gasteiger partial charge in [-0.3, -0.25) is 0 Å². The largest absolute Gasteiger partial charge is 0.480 e. The number of carboxylic acids is 1. The first-order chi connectivity index (χ1) is 21.2. The molecule has 0 aromatic heterocycles. The molecular weight excluding hydrogens is 588 g/mol. The molecule has 7 N–H and O–H groups in total. The molecule has 0 fully saturated rings. The predicted molar refractivity (Wildman–Crippen MR) is 162 cm³/mol. The number of aliphatic hydroxyl groups is 5. The minimum atomic E-state index is -1.88. The van der Waals surface area contributed by atoms with Gasteiger partial charge in [-0.2, -0.15) is 0 Å². The predicted octanol–water partition coefficient (Wildman–Crippen LogP) is 1.82. The smallest absolute Gasteiger partial charge is 0.410 e. The van der Waals surface area contributed by atoms with Crippen LogP contribution < -0.4 is 5.32 Å². The molecule has 0 heterocycles. The fourth-order valence-electron chi connectivity index (χ4n) is 5.17. The Labute approximate surface area is 262 Å². The summed E-state index contributed by atoms with van der Waals surface area (Å²) in [5.74, 6) is -1.45. The summed E-state index contributed by atoms with van der Waals surface area (Å²) in [5, 5.41) is 61.2. The van der Waals surface area contributed by atoms with Crippen LogP contribution in [0, 0.1) is 0 Å². The van der Waals surface area contributed by atoms with Crippen LogP contribution in [-0.2, 0) is 14.3 Å². The van der Waals surface area contributed by atoms with Crippen LogP contribution in [0.2, 0.25) is 0 Å². The second-order valence-corrected chi connectivity index (χ2v) is 12.1. The van der Waals surface area contributed by atoms with E-state index in [1.54, 1.807) is 20.8 Å². The molecule has 0 radical (unpaired) electrons. The van der Waals surface area contributed by atoms with Gasteiger partial charge in [0.25, 0.3) is 0 Å². The number of hydrogen-bond acceptors (Lipinski definition) is 10. The summed E-state index contributed by atoms with van der Waals surface area (Å²) >= 11 is 0. The number of carbonyl (C=O) groups excluding carboxylic acids is 2. The second-order valence-electron chi connectivity index (χ2n) is 12.1. The first kappa shape index (κ1) is 35.7. The zero-order chi connectivity index (χ0) is 33.3. The fraction of sp³-hybridized carbons (Fsp3) is 0.531. The monoisotopic (exact) mass is 632 g/mol. The van der Waals surface area contributed by atoms with E-state index in [1.165, 1.54) is 0 Å². The minimum absolute atomic E-state index is 0.00821. The zero-order valence-corrected chi connectivity index (χ0v) is 25.7.